The molecule has 1 aliphatic heterocycles. The Kier molecular flexibility index (Phi) is 5.64. The molecule has 28 heavy (non-hydrogen) atoms. The zero-order valence-electron chi connectivity index (χ0n) is 15.8. The maximum absolute atomic E-state index is 5.72. The van der Waals surface area contributed by atoms with Crippen LogP contribution < -0.4 is 4.90 Å². The lowest BCUT2D eigenvalue weighted by Gasteiger charge is -2.35. The summed E-state index contributed by atoms with van der Waals surface area (Å²) in [6, 6.07) is 14.3. The number of allylic oxidation sites excluding steroid dienone is 1. The van der Waals surface area contributed by atoms with E-state index in [1.165, 1.54) is 5.69 Å². The topological polar surface area (TPSA) is 42.1 Å². The summed E-state index contributed by atoms with van der Waals surface area (Å²) in [7, 11) is 0. The van der Waals surface area contributed by atoms with Gasteiger partial charge in [-0.05, 0) is 24.4 Å². The minimum Gasteiger partial charge on any atom is -0.369 e. The second kappa shape index (κ2) is 8.50. The van der Waals surface area contributed by atoms with Crippen LogP contribution in [0.5, 0.6) is 0 Å². The summed E-state index contributed by atoms with van der Waals surface area (Å²) in [4.78, 5) is 8.89. The number of aromatic nitrogens is 4. The summed E-state index contributed by atoms with van der Waals surface area (Å²) in [5.74, 6) is 0.890. The molecule has 0 spiro atoms. The monoisotopic (exact) mass is 392 g/mol. The molecule has 0 saturated carbocycles. The van der Waals surface area contributed by atoms with E-state index in [1.54, 1.807) is 0 Å². The van der Waals surface area contributed by atoms with Crippen molar-refractivity contribution in [2.24, 2.45) is 0 Å². The lowest BCUT2D eigenvalue weighted by molar-refractivity contribution is 0.194. The Balaban J connectivity index is 1.50. The Hall–Kier alpha value is -2.77. The van der Waals surface area contributed by atoms with Crippen LogP contribution in [0.3, 0.4) is 0 Å². The molecule has 0 amide bonds. The Morgan fingerprint density at radius 2 is 1.71 bits per heavy atom. The van der Waals surface area contributed by atoms with Crippen LogP contribution in [0.4, 0.5) is 5.69 Å². The second-order valence-corrected chi connectivity index (χ2v) is 7.19. The van der Waals surface area contributed by atoms with Gasteiger partial charge in [-0.15, -0.1) is 6.58 Å². The highest BCUT2D eigenvalue weighted by molar-refractivity contribution is 7.71. The fraction of sp³-hybridized carbons (Fsp3) is 0.286. The van der Waals surface area contributed by atoms with Gasteiger partial charge in [0.15, 0.2) is 10.6 Å². The van der Waals surface area contributed by atoms with Crippen molar-refractivity contribution in [3.8, 4) is 11.4 Å². The molecule has 1 aromatic carbocycles. The molecule has 1 fully saturated rings. The van der Waals surface area contributed by atoms with Crippen molar-refractivity contribution in [2.45, 2.75) is 13.2 Å². The number of nitrogens with zero attached hydrogens (tertiary/aromatic N) is 6. The van der Waals surface area contributed by atoms with Crippen LogP contribution in [0, 0.1) is 4.77 Å². The smallest absolute Gasteiger partial charge is 0.199 e. The van der Waals surface area contributed by atoms with Crippen molar-refractivity contribution < 1.29 is 0 Å². The highest BCUT2D eigenvalue weighted by atomic mass is 32.1. The number of benzene rings is 1. The summed E-state index contributed by atoms with van der Waals surface area (Å²) in [6.07, 6.45) is 5.55. The van der Waals surface area contributed by atoms with Crippen molar-refractivity contribution in [2.75, 3.05) is 31.1 Å². The number of pyridine rings is 1. The first-order valence-corrected chi connectivity index (χ1v) is 9.88. The largest absolute Gasteiger partial charge is 0.369 e. The molecule has 7 heteroatoms. The molecule has 6 nitrogen and oxygen atoms in total. The maximum Gasteiger partial charge on any atom is 0.199 e. The first kappa shape index (κ1) is 18.6. The molecule has 0 atom stereocenters. The van der Waals surface area contributed by atoms with Crippen molar-refractivity contribution in [3.05, 3.63) is 72.3 Å². The molecule has 4 rings (SSSR count). The highest BCUT2D eigenvalue weighted by Gasteiger charge is 2.19. The zero-order chi connectivity index (χ0) is 19.3. The van der Waals surface area contributed by atoms with E-state index in [0.29, 0.717) is 13.2 Å². The maximum atomic E-state index is 5.72. The molecular formula is C21H24N6S. The van der Waals surface area contributed by atoms with Gasteiger partial charge in [0, 0.05) is 56.4 Å². The van der Waals surface area contributed by atoms with Gasteiger partial charge in [-0.25, -0.2) is 4.68 Å². The lowest BCUT2D eigenvalue weighted by Crippen LogP contribution is -2.47. The zero-order valence-corrected chi connectivity index (χ0v) is 16.6. The summed E-state index contributed by atoms with van der Waals surface area (Å²) in [6.45, 7) is 9.13. The van der Waals surface area contributed by atoms with E-state index in [4.69, 9.17) is 17.3 Å². The van der Waals surface area contributed by atoms with Crippen LogP contribution in [-0.4, -0.2) is 50.4 Å². The third-order valence-electron chi connectivity index (χ3n) is 5.00. The summed E-state index contributed by atoms with van der Waals surface area (Å²) in [5, 5.41) is 4.83. The van der Waals surface area contributed by atoms with E-state index in [0.717, 1.165) is 42.3 Å². The van der Waals surface area contributed by atoms with Gasteiger partial charge in [0.25, 0.3) is 0 Å². The van der Waals surface area contributed by atoms with E-state index >= 15 is 0 Å². The van der Waals surface area contributed by atoms with Crippen molar-refractivity contribution >= 4 is 17.9 Å². The molecule has 0 N–H and O–H groups in total. The van der Waals surface area contributed by atoms with Crippen LogP contribution in [0.25, 0.3) is 11.4 Å². The average Bonchev–Trinajstić information content (AvgIpc) is 3.06. The third-order valence-corrected chi connectivity index (χ3v) is 5.43. The number of anilines is 1. The number of hydrogen-bond acceptors (Lipinski definition) is 5. The third kappa shape index (κ3) is 3.90. The normalized spacial score (nSPS) is 14.9. The Bertz CT molecular complexity index is 971. The standard InChI is InChI=1S/C21H24N6S/c1-2-12-26-20(18-6-4-3-5-7-18)23-27(21(26)28)17-24-13-15-25(16-14-24)19-8-10-22-11-9-19/h2-11H,1,12-17H2. The minimum absolute atomic E-state index is 0.652. The lowest BCUT2D eigenvalue weighted by atomic mass is 10.2. The van der Waals surface area contributed by atoms with Crippen molar-refractivity contribution in [1.29, 1.82) is 0 Å². The van der Waals surface area contributed by atoms with Crippen molar-refractivity contribution in [1.82, 2.24) is 24.2 Å². The molecule has 3 aromatic rings. The van der Waals surface area contributed by atoms with E-state index in [9.17, 15) is 0 Å². The van der Waals surface area contributed by atoms with Gasteiger partial charge >= 0.3 is 0 Å². The molecule has 0 radical (unpaired) electrons. The van der Waals surface area contributed by atoms with Gasteiger partial charge in [-0.3, -0.25) is 14.5 Å². The Labute approximate surface area is 170 Å². The number of hydrogen-bond donors (Lipinski definition) is 0. The highest BCUT2D eigenvalue weighted by Crippen LogP contribution is 2.19. The van der Waals surface area contributed by atoms with Crippen molar-refractivity contribution in [3.63, 3.8) is 0 Å². The first-order chi connectivity index (χ1) is 13.8. The van der Waals surface area contributed by atoms with Gasteiger partial charge < -0.3 is 4.90 Å². The summed E-state index contributed by atoms with van der Waals surface area (Å²) in [5.41, 5.74) is 2.30. The van der Waals surface area contributed by atoms with Gasteiger partial charge in [0.2, 0.25) is 0 Å². The van der Waals surface area contributed by atoms with E-state index in [1.807, 2.05) is 45.9 Å². The fourth-order valence-corrected chi connectivity index (χ4v) is 3.78. The van der Waals surface area contributed by atoms with Gasteiger partial charge in [-0.2, -0.15) is 5.10 Å². The van der Waals surface area contributed by atoms with Crippen LogP contribution in [0.1, 0.15) is 0 Å². The number of rotatable bonds is 6. The van der Waals surface area contributed by atoms with Gasteiger partial charge in [0.1, 0.15) is 0 Å². The minimum atomic E-state index is 0.652. The summed E-state index contributed by atoms with van der Waals surface area (Å²) >= 11 is 5.72. The molecular weight excluding hydrogens is 368 g/mol. The quantitative estimate of drug-likeness (QED) is 0.475. The average molecular weight is 393 g/mol. The van der Waals surface area contributed by atoms with E-state index < -0.39 is 0 Å². The predicted octanol–water partition coefficient (Wildman–Crippen LogP) is 3.44. The van der Waals surface area contributed by atoms with Crippen LogP contribution in [0.2, 0.25) is 0 Å². The molecule has 0 unspecified atom stereocenters. The number of piperazine rings is 1. The molecule has 144 valence electrons. The van der Waals surface area contributed by atoms with Crippen LogP contribution >= 0.6 is 12.2 Å². The van der Waals surface area contributed by atoms with E-state index in [2.05, 4.69) is 45.6 Å². The molecule has 1 saturated heterocycles. The molecule has 1 aliphatic rings. The molecule has 3 heterocycles. The Morgan fingerprint density at radius 3 is 2.39 bits per heavy atom. The summed E-state index contributed by atoms with van der Waals surface area (Å²) < 4.78 is 4.71. The Morgan fingerprint density at radius 1 is 1.00 bits per heavy atom. The molecule has 0 bridgehead atoms. The molecule has 2 aromatic heterocycles. The van der Waals surface area contributed by atoms with Gasteiger partial charge in [0.05, 0.1) is 6.67 Å². The van der Waals surface area contributed by atoms with E-state index in [-0.39, 0.29) is 0 Å². The second-order valence-electron chi connectivity index (χ2n) is 6.82. The SMILES string of the molecule is C=CCn1c(-c2ccccc2)nn(CN2CCN(c3ccncc3)CC2)c1=S. The molecule has 0 aliphatic carbocycles. The van der Waals surface area contributed by atoms with Crippen LogP contribution in [-0.2, 0) is 13.2 Å². The van der Waals surface area contributed by atoms with Crippen LogP contribution in [0.15, 0.2) is 67.5 Å². The first-order valence-electron chi connectivity index (χ1n) is 9.47. The fourth-order valence-electron chi connectivity index (χ4n) is 3.52. The van der Waals surface area contributed by atoms with Gasteiger partial charge in [-0.1, -0.05) is 36.4 Å². The predicted molar refractivity (Wildman–Crippen MR) is 115 cm³/mol.